The summed E-state index contributed by atoms with van der Waals surface area (Å²) in [6.45, 7) is 4.77. The lowest BCUT2D eigenvalue weighted by Gasteiger charge is -2.08. The number of rotatable bonds is 5. The second-order valence-corrected chi connectivity index (χ2v) is 5.43. The quantitative estimate of drug-likeness (QED) is 0.502. The summed E-state index contributed by atoms with van der Waals surface area (Å²) in [5.41, 5.74) is 1.66. The third-order valence-electron chi connectivity index (χ3n) is 3.60. The fraction of sp³-hybridized carbons (Fsp3) is 0.211. The molecule has 1 aromatic heterocycles. The van der Waals surface area contributed by atoms with Crippen LogP contribution in [0.1, 0.15) is 29.4 Å². The molecule has 7 heteroatoms. The zero-order valence-electron chi connectivity index (χ0n) is 14.9. The van der Waals surface area contributed by atoms with Crippen molar-refractivity contribution in [1.29, 1.82) is 5.26 Å². The molecule has 0 atom stereocenters. The predicted molar refractivity (Wildman–Crippen MR) is 94.9 cm³/mol. The van der Waals surface area contributed by atoms with Crippen LogP contribution in [0.2, 0.25) is 0 Å². The summed E-state index contributed by atoms with van der Waals surface area (Å²) in [6, 6.07) is 6.89. The summed E-state index contributed by atoms with van der Waals surface area (Å²) >= 11 is 0. The molecule has 0 bridgehead atoms. The van der Waals surface area contributed by atoms with Crippen molar-refractivity contribution in [3.05, 3.63) is 46.7 Å². The molecule has 0 aliphatic carbocycles. The molecule has 7 nitrogen and oxygen atoms in total. The van der Waals surface area contributed by atoms with Gasteiger partial charge in [0.05, 0.1) is 7.11 Å². The molecule has 1 amide bonds. The van der Waals surface area contributed by atoms with E-state index in [9.17, 15) is 9.59 Å². The lowest BCUT2D eigenvalue weighted by atomic mass is 10.1. The van der Waals surface area contributed by atoms with Gasteiger partial charge in [0.15, 0.2) is 11.5 Å². The highest BCUT2D eigenvalue weighted by molar-refractivity contribution is 6.02. The van der Waals surface area contributed by atoms with Crippen LogP contribution in [0.4, 0.5) is 5.88 Å². The van der Waals surface area contributed by atoms with E-state index in [0.717, 1.165) is 0 Å². The van der Waals surface area contributed by atoms with Crippen LogP contribution in [-0.2, 0) is 9.59 Å². The molecule has 2 rings (SSSR count). The van der Waals surface area contributed by atoms with Gasteiger partial charge in [-0.05, 0) is 37.6 Å². The number of nitrogens with one attached hydrogen (secondary N) is 1. The standard InChI is InChI=1S/C19H18N2O5/c1-11-12(2)25-19(15(11)10-20)21-18(23)8-6-14-5-7-16(26-13(3)22)17(9-14)24-4/h5-9H,1-4H3,(H,21,23)/b8-6+. The minimum atomic E-state index is -0.455. The van der Waals surface area contributed by atoms with Gasteiger partial charge in [-0.3, -0.25) is 14.9 Å². The van der Waals surface area contributed by atoms with Crippen molar-refractivity contribution in [2.75, 3.05) is 12.4 Å². The van der Waals surface area contributed by atoms with Crippen LogP contribution in [0.25, 0.3) is 6.08 Å². The first-order chi connectivity index (χ1) is 12.3. The molecule has 0 saturated carbocycles. The number of benzene rings is 1. The zero-order valence-corrected chi connectivity index (χ0v) is 14.9. The van der Waals surface area contributed by atoms with Gasteiger partial charge < -0.3 is 13.9 Å². The number of ether oxygens (including phenoxy) is 2. The SMILES string of the molecule is COc1cc(/C=C/C(=O)Nc2oc(C)c(C)c2C#N)ccc1OC(C)=O. The van der Waals surface area contributed by atoms with Gasteiger partial charge in [-0.25, -0.2) is 0 Å². The number of aryl methyl sites for hydroxylation is 1. The number of hydrogen-bond acceptors (Lipinski definition) is 6. The number of furan rings is 1. The maximum Gasteiger partial charge on any atom is 0.308 e. The van der Waals surface area contributed by atoms with E-state index in [0.29, 0.717) is 33.9 Å². The van der Waals surface area contributed by atoms with Gasteiger partial charge in [0.1, 0.15) is 17.4 Å². The molecule has 0 aliphatic heterocycles. The fourth-order valence-electron chi connectivity index (χ4n) is 2.20. The topological polar surface area (TPSA) is 102 Å². The number of carbonyl (C=O) groups is 2. The maximum atomic E-state index is 12.1. The average molecular weight is 354 g/mol. The molecule has 2 aromatic rings. The minimum absolute atomic E-state index is 0.125. The van der Waals surface area contributed by atoms with Crippen LogP contribution in [0, 0.1) is 25.2 Å². The van der Waals surface area contributed by atoms with Crippen molar-refractivity contribution >= 4 is 23.8 Å². The summed E-state index contributed by atoms with van der Waals surface area (Å²) < 4.78 is 15.6. The number of anilines is 1. The third kappa shape index (κ3) is 4.30. The van der Waals surface area contributed by atoms with Crippen molar-refractivity contribution < 1.29 is 23.5 Å². The van der Waals surface area contributed by atoms with E-state index in [4.69, 9.17) is 19.2 Å². The number of carbonyl (C=O) groups excluding carboxylic acids is 2. The van der Waals surface area contributed by atoms with Gasteiger partial charge in [-0.1, -0.05) is 6.07 Å². The Morgan fingerprint density at radius 1 is 1.27 bits per heavy atom. The van der Waals surface area contributed by atoms with Gasteiger partial charge in [0.25, 0.3) is 5.91 Å². The molecule has 0 fully saturated rings. The summed E-state index contributed by atoms with van der Waals surface area (Å²) in [6.07, 6.45) is 2.86. The molecule has 1 aromatic carbocycles. The summed E-state index contributed by atoms with van der Waals surface area (Å²) in [7, 11) is 1.45. The summed E-state index contributed by atoms with van der Waals surface area (Å²) in [4.78, 5) is 23.1. The molecular formula is C19H18N2O5. The summed E-state index contributed by atoms with van der Waals surface area (Å²) in [5, 5.41) is 11.7. The lowest BCUT2D eigenvalue weighted by molar-refractivity contribution is -0.132. The fourth-order valence-corrected chi connectivity index (χ4v) is 2.20. The third-order valence-corrected chi connectivity index (χ3v) is 3.60. The molecular weight excluding hydrogens is 336 g/mol. The number of esters is 1. The molecule has 1 heterocycles. The second kappa shape index (κ2) is 8.03. The number of amides is 1. The monoisotopic (exact) mass is 354 g/mol. The van der Waals surface area contributed by atoms with Crippen LogP contribution in [0.3, 0.4) is 0 Å². The first-order valence-electron chi connectivity index (χ1n) is 7.71. The molecule has 0 spiro atoms. The van der Waals surface area contributed by atoms with Crippen molar-refractivity contribution in [3.63, 3.8) is 0 Å². The Balaban J connectivity index is 2.14. The second-order valence-electron chi connectivity index (χ2n) is 5.43. The van der Waals surface area contributed by atoms with Gasteiger partial charge in [-0.15, -0.1) is 0 Å². The highest BCUT2D eigenvalue weighted by Gasteiger charge is 2.15. The van der Waals surface area contributed by atoms with E-state index in [1.165, 1.54) is 20.1 Å². The Kier molecular flexibility index (Phi) is 5.81. The van der Waals surface area contributed by atoms with Crippen molar-refractivity contribution in [2.45, 2.75) is 20.8 Å². The maximum absolute atomic E-state index is 12.1. The highest BCUT2D eigenvalue weighted by Crippen LogP contribution is 2.29. The predicted octanol–water partition coefficient (Wildman–Crippen LogP) is 3.35. The van der Waals surface area contributed by atoms with Gasteiger partial charge in [0.2, 0.25) is 5.88 Å². The molecule has 26 heavy (non-hydrogen) atoms. The van der Waals surface area contributed by atoms with E-state index in [1.54, 1.807) is 38.1 Å². The molecule has 0 unspecified atom stereocenters. The van der Waals surface area contributed by atoms with E-state index >= 15 is 0 Å². The summed E-state index contributed by atoms with van der Waals surface area (Å²) in [5.74, 6) is 0.460. The number of nitriles is 1. The molecule has 0 radical (unpaired) electrons. The normalized spacial score (nSPS) is 10.4. The first-order valence-corrected chi connectivity index (χ1v) is 7.71. The Bertz CT molecular complexity index is 919. The van der Waals surface area contributed by atoms with Crippen molar-refractivity contribution in [2.24, 2.45) is 0 Å². The Morgan fingerprint density at radius 3 is 2.62 bits per heavy atom. The van der Waals surface area contributed by atoms with Crippen LogP contribution >= 0.6 is 0 Å². The molecule has 134 valence electrons. The first kappa shape index (κ1) is 18.8. The van der Waals surface area contributed by atoms with Gasteiger partial charge in [-0.2, -0.15) is 5.26 Å². The van der Waals surface area contributed by atoms with Crippen molar-refractivity contribution in [3.8, 4) is 17.6 Å². The Labute approximate surface area is 150 Å². The van der Waals surface area contributed by atoms with E-state index in [-0.39, 0.29) is 5.88 Å². The van der Waals surface area contributed by atoms with Crippen LogP contribution in [0.5, 0.6) is 11.5 Å². The van der Waals surface area contributed by atoms with Crippen LogP contribution in [0.15, 0.2) is 28.7 Å². The van der Waals surface area contributed by atoms with Gasteiger partial charge >= 0.3 is 5.97 Å². The number of methoxy groups -OCH3 is 1. The molecule has 0 saturated heterocycles. The number of hydrogen-bond donors (Lipinski definition) is 1. The van der Waals surface area contributed by atoms with E-state index in [2.05, 4.69) is 5.32 Å². The van der Waals surface area contributed by atoms with Crippen LogP contribution in [-0.4, -0.2) is 19.0 Å². The number of nitrogens with zero attached hydrogens (tertiary/aromatic N) is 1. The largest absolute Gasteiger partial charge is 0.493 e. The average Bonchev–Trinajstić information content (AvgIpc) is 2.86. The Morgan fingerprint density at radius 2 is 2.00 bits per heavy atom. The molecule has 1 N–H and O–H groups in total. The highest BCUT2D eigenvalue weighted by atomic mass is 16.6. The van der Waals surface area contributed by atoms with Crippen LogP contribution < -0.4 is 14.8 Å². The zero-order chi connectivity index (χ0) is 19.3. The molecule has 0 aliphatic rings. The van der Waals surface area contributed by atoms with Crippen molar-refractivity contribution in [1.82, 2.24) is 0 Å². The van der Waals surface area contributed by atoms with E-state index < -0.39 is 11.9 Å². The lowest BCUT2D eigenvalue weighted by Crippen LogP contribution is -2.08. The Hall–Kier alpha value is -3.53. The van der Waals surface area contributed by atoms with E-state index in [1.807, 2.05) is 6.07 Å². The van der Waals surface area contributed by atoms with Gasteiger partial charge in [0, 0.05) is 18.6 Å². The minimum Gasteiger partial charge on any atom is -0.493 e. The smallest absolute Gasteiger partial charge is 0.308 e.